The van der Waals surface area contributed by atoms with Crippen molar-refractivity contribution in [3.05, 3.63) is 29.8 Å². The second kappa shape index (κ2) is 4.52. The number of carbonyl (C=O) groups excluding carboxylic acids is 1. The Balaban J connectivity index is 2.64. The van der Waals surface area contributed by atoms with Gasteiger partial charge in [0, 0.05) is 12.7 Å². The van der Waals surface area contributed by atoms with Crippen LogP contribution in [0.5, 0.6) is 5.75 Å². The maximum Gasteiger partial charge on any atom is 0.572 e. The van der Waals surface area contributed by atoms with Crippen LogP contribution in [0.2, 0.25) is 0 Å². The number of primary amides is 1. The summed E-state index contributed by atoms with van der Waals surface area (Å²) in [7, 11) is 2.68. The average molecular weight is 178 g/mol. The Morgan fingerprint density at radius 3 is 2.46 bits per heavy atom. The van der Waals surface area contributed by atoms with Crippen LogP contribution in [0.15, 0.2) is 24.3 Å². The summed E-state index contributed by atoms with van der Waals surface area (Å²) in [5.41, 5.74) is 5.50. The highest BCUT2D eigenvalue weighted by Crippen LogP contribution is 2.10. The van der Waals surface area contributed by atoms with Crippen LogP contribution in [0, 0.1) is 0 Å². The van der Waals surface area contributed by atoms with Crippen molar-refractivity contribution in [1.82, 2.24) is 0 Å². The molecule has 0 unspecified atom stereocenters. The molecule has 5 heteroatoms. The van der Waals surface area contributed by atoms with E-state index in [1.54, 1.807) is 24.3 Å². The summed E-state index contributed by atoms with van der Waals surface area (Å²) in [5, 5.41) is 0. The molecule has 0 aliphatic heterocycles. The van der Waals surface area contributed by atoms with Crippen LogP contribution in [0.4, 0.5) is 0 Å². The van der Waals surface area contributed by atoms with Crippen molar-refractivity contribution in [2.75, 3.05) is 7.11 Å². The summed E-state index contributed by atoms with van der Waals surface area (Å²) in [6.07, 6.45) is 0. The zero-order chi connectivity index (χ0) is 9.68. The van der Waals surface area contributed by atoms with E-state index in [9.17, 15) is 4.79 Å². The normalized spacial score (nSPS) is 9.31. The molecule has 0 spiro atoms. The summed E-state index contributed by atoms with van der Waals surface area (Å²) in [4.78, 5) is 10.7. The first-order valence-corrected chi connectivity index (χ1v) is 3.65. The first kappa shape index (κ1) is 9.60. The summed E-state index contributed by atoms with van der Waals surface area (Å²) in [5.74, 6) is 0.133. The lowest BCUT2D eigenvalue weighted by Crippen LogP contribution is -2.10. The van der Waals surface area contributed by atoms with Gasteiger partial charge in [-0.25, -0.2) is 0 Å². The Morgan fingerprint density at radius 2 is 2.00 bits per heavy atom. The zero-order valence-corrected chi connectivity index (χ0v) is 7.19. The second-order valence-corrected chi connectivity index (χ2v) is 2.34. The molecular weight excluding hydrogens is 169 g/mol. The molecule has 13 heavy (non-hydrogen) atoms. The van der Waals surface area contributed by atoms with Gasteiger partial charge in [0.05, 0.1) is 0 Å². The molecule has 1 aromatic carbocycles. The van der Waals surface area contributed by atoms with Crippen molar-refractivity contribution in [2.45, 2.75) is 0 Å². The fraction of sp³-hybridized carbons (Fsp3) is 0.125. The van der Waals surface area contributed by atoms with Gasteiger partial charge in [-0.05, 0) is 24.3 Å². The van der Waals surface area contributed by atoms with Crippen LogP contribution in [-0.2, 0) is 4.65 Å². The molecule has 4 nitrogen and oxygen atoms in total. The van der Waals surface area contributed by atoms with Crippen LogP contribution in [0.25, 0.3) is 0 Å². The van der Waals surface area contributed by atoms with Crippen molar-refractivity contribution in [3.63, 3.8) is 0 Å². The highest BCUT2D eigenvalue weighted by molar-refractivity contribution is 6.19. The first-order valence-electron chi connectivity index (χ1n) is 3.65. The number of hydrogen-bond donors (Lipinski definition) is 1. The molecule has 0 aromatic heterocycles. The van der Waals surface area contributed by atoms with Crippen molar-refractivity contribution in [3.8, 4) is 5.75 Å². The Hall–Kier alpha value is -1.49. The lowest BCUT2D eigenvalue weighted by Gasteiger charge is -2.02. The highest BCUT2D eigenvalue weighted by atomic mass is 16.6. The SMILES string of the molecule is CO[B]Oc1ccc(C(N)=O)cc1. The summed E-state index contributed by atoms with van der Waals surface area (Å²) >= 11 is 0. The van der Waals surface area contributed by atoms with Crippen molar-refractivity contribution < 1.29 is 14.1 Å². The van der Waals surface area contributed by atoms with Gasteiger partial charge in [0.1, 0.15) is 5.75 Å². The largest absolute Gasteiger partial charge is 0.572 e. The molecule has 0 atom stereocenters. The molecule has 67 valence electrons. The van der Waals surface area contributed by atoms with Crippen LogP contribution >= 0.6 is 0 Å². The van der Waals surface area contributed by atoms with Gasteiger partial charge in [0.15, 0.2) is 0 Å². The van der Waals surface area contributed by atoms with Gasteiger partial charge in [0.25, 0.3) is 0 Å². The standard InChI is InChI=1S/C8H9BNO3/c1-12-9-13-7-4-2-6(3-5-7)8(10)11/h2-5H,1H3,(H2,10,11). The summed E-state index contributed by atoms with van der Waals surface area (Å²) < 4.78 is 9.58. The Morgan fingerprint density at radius 1 is 1.38 bits per heavy atom. The van der Waals surface area contributed by atoms with Gasteiger partial charge < -0.3 is 15.0 Å². The lowest BCUT2D eigenvalue weighted by molar-refractivity contribution is 0.100. The van der Waals surface area contributed by atoms with Gasteiger partial charge in [-0.15, -0.1) is 0 Å². The topological polar surface area (TPSA) is 61.6 Å². The molecule has 0 bridgehead atoms. The first-order chi connectivity index (χ1) is 6.24. The van der Waals surface area contributed by atoms with Crippen LogP contribution in [0.1, 0.15) is 10.4 Å². The third-order valence-corrected chi connectivity index (χ3v) is 1.42. The number of benzene rings is 1. The molecule has 0 heterocycles. The number of nitrogens with two attached hydrogens (primary N) is 1. The van der Waals surface area contributed by atoms with E-state index in [-0.39, 0.29) is 0 Å². The van der Waals surface area contributed by atoms with Gasteiger partial charge in [-0.1, -0.05) is 0 Å². The quantitative estimate of drug-likeness (QED) is 0.676. The number of carbonyl (C=O) groups is 1. The monoisotopic (exact) mass is 178 g/mol. The minimum Gasteiger partial charge on any atom is -0.537 e. The number of hydrogen-bond acceptors (Lipinski definition) is 3. The Kier molecular flexibility index (Phi) is 3.34. The molecular formula is C8H9BNO3. The number of rotatable bonds is 4. The minimum atomic E-state index is -0.456. The zero-order valence-electron chi connectivity index (χ0n) is 7.19. The van der Waals surface area contributed by atoms with Gasteiger partial charge in [-0.3, -0.25) is 4.79 Å². The second-order valence-electron chi connectivity index (χ2n) is 2.34. The molecule has 0 aliphatic rings. The van der Waals surface area contributed by atoms with E-state index in [1.165, 1.54) is 14.8 Å². The third kappa shape index (κ3) is 2.80. The molecule has 1 rings (SSSR count). The Bertz CT molecular complexity index is 286. The smallest absolute Gasteiger partial charge is 0.537 e. The summed E-state index contributed by atoms with van der Waals surface area (Å²) in [6, 6.07) is 6.44. The third-order valence-electron chi connectivity index (χ3n) is 1.42. The van der Waals surface area contributed by atoms with Gasteiger partial charge >= 0.3 is 7.69 Å². The average Bonchev–Trinajstić information content (AvgIpc) is 2.15. The maximum atomic E-state index is 10.7. The number of amides is 1. The van der Waals surface area contributed by atoms with Crippen molar-refractivity contribution in [2.24, 2.45) is 5.73 Å². The highest BCUT2D eigenvalue weighted by Gasteiger charge is 2.00. The summed E-state index contributed by atoms with van der Waals surface area (Å²) in [6.45, 7) is 0. The molecule has 1 radical (unpaired) electrons. The molecule has 0 fully saturated rings. The Labute approximate surface area is 76.9 Å². The van der Waals surface area contributed by atoms with Crippen LogP contribution in [0.3, 0.4) is 0 Å². The molecule has 2 N–H and O–H groups in total. The van der Waals surface area contributed by atoms with E-state index >= 15 is 0 Å². The molecule has 1 aromatic rings. The minimum absolute atomic E-state index is 0.449. The van der Waals surface area contributed by atoms with E-state index in [4.69, 9.17) is 10.4 Å². The predicted molar refractivity (Wildman–Crippen MR) is 48.4 cm³/mol. The van der Waals surface area contributed by atoms with Crippen molar-refractivity contribution in [1.29, 1.82) is 0 Å². The lowest BCUT2D eigenvalue weighted by atomic mass is 10.2. The van der Waals surface area contributed by atoms with Crippen LogP contribution in [-0.4, -0.2) is 20.7 Å². The van der Waals surface area contributed by atoms with E-state index in [1.807, 2.05) is 0 Å². The molecule has 0 aliphatic carbocycles. The molecule has 0 saturated carbocycles. The van der Waals surface area contributed by atoms with E-state index in [0.29, 0.717) is 11.3 Å². The maximum absolute atomic E-state index is 10.7. The van der Waals surface area contributed by atoms with E-state index in [0.717, 1.165) is 0 Å². The van der Waals surface area contributed by atoms with Gasteiger partial charge in [0.2, 0.25) is 5.91 Å². The van der Waals surface area contributed by atoms with Crippen LogP contribution < -0.4 is 10.4 Å². The molecule has 1 amide bonds. The van der Waals surface area contributed by atoms with Gasteiger partial charge in [-0.2, -0.15) is 0 Å². The molecule has 0 saturated heterocycles. The fourth-order valence-electron chi connectivity index (χ4n) is 0.801. The predicted octanol–water partition coefficient (Wildman–Crippen LogP) is 0.345. The fourth-order valence-corrected chi connectivity index (χ4v) is 0.801. The van der Waals surface area contributed by atoms with E-state index < -0.39 is 5.91 Å². The van der Waals surface area contributed by atoms with E-state index in [2.05, 4.69) is 4.65 Å². The van der Waals surface area contributed by atoms with Crippen molar-refractivity contribution >= 4 is 13.6 Å².